The number of benzene rings is 2. The molecule has 2 rings (SSSR count). The second-order valence-corrected chi connectivity index (χ2v) is 8.83. The molecule has 192 valence electrons. The molecule has 7 heteroatoms. The fourth-order valence-electron chi connectivity index (χ4n) is 4.08. The van der Waals surface area contributed by atoms with Gasteiger partial charge < -0.3 is 25.2 Å². The normalized spacial score (nSPS) is 12.6. The van der Waals surface area contributed by atoms with Gasteiger partial charge in [0.25, 0.3) is 0 Å². The van der Waals surface area contributed by atoms with Crippen molar-refractivity contribution in [2.75, 3.05) is 38.6 Å². The molecule has 0 aliphatic heterocycles. The Bertz CT molecular complexity index is 902. The van der Waals surface area contributed by atoms with Crippen molar-refractivity contribution in [1.29, 1.82) is 0 Å². The summed E-state index contributed by atoms with van der Waals surface area (Å²) in [5, 5.41) is 6.05. The van der Waals surface area contributed by atoms with Crippen molar-refractivity contribution in [2.45, 2.75) is 59.0 Å². The number of amides is 3. The van der Waals surface area contributed by atoms with Crippen LogP contribution < -0.4 is 15.4 Å². The van der Waals surface area contributed by atoms with Gasteiger partial charge in [0.05, 0.1) is 13.2 Å². The van der Waals surface area contributed by atoms with Gasteiger partial charge >= 0.3 is 6.03 Å². The molecule has 0 heterocycles. The molecule has 0 radical (unpaired) electrons. The largest absolute Gasteiger partial charge is 0.497 e. The number of ether oxygens (including phenoxy) is 1. The topological polar surface area (TPSA) is 73.9 Å². The van der Waals surface area contributed by atoms with E-state index in [1.807, 2.05) is 62.4 Å². The number of carbonyl (C=O) groups is 2. The van der Waals surface area contributed by atoms with Crippen LogP contribution in [0.5, 0.6) is 5.75 Å². The molecule has 2 unspecified atom stereocenters. The first-order chi connectivity index (χ1) is 16.9. The monoisotopic (exact) mass is 482 g/mol. The van der Waals surface area contributed by atoms with Gasteiger partial charge in [-0.1, -0.05) is 50.2 Å². The molecule has 35 heavy (non-hydrogen) atoms. The zero-order valence-electron chi connectivity index (χ0n) is 21.9. The van der Waals surface area contributed by atoms with E-state index in [0.29, 0.717) is 18.0 Å². The van der Waals surface area contributed by atoms with Crippen LogP contribution in [0.25, 0.3) is 0 Å². The van der Waals surface area contributed by atoms with E-state index in [-0.39, 0.29) is 30.4 Å². The molecule has 2 N–H and O–H groups in total. The lowest BCUT2D eigenvalue weighted by molar-refractivity contribution is -0.122. The first-order valence-corrected chi connectivity index (χ1v) is 12.7. The van der Waals surface area contributed by atoms with E-state index < -0.39 is 0 Å². The summed E-state index contributed by atoms with van der Waals surface area (Å²) in [6.45, 7) is 11.8. The lowest BCUT2D eigenvalue weighted by Crippen LogP contribution is -2.41. The van der Waals surface area contributed by atoms with Crippen LogP contribution in [-0.2, 0) is 4.79 Å². The van der Waals surface area contributed by atoms with Gasteiger partial charge in [-0.25, -0.2) is 4.79 Å². The van der Waals surface area contributed by atoms with E-state index in [0.717, 1.165) is 38.0 Å². The SMILES string of the molecule is CCN(CC)CCCC(C)NC(=O)CCN(C(=O)Nc1cccc(OC)c1)C(C)c1ccccc1. The standard InChI is InChI=1S/C28H42N4O3/c1-6-31(7-2)19-12-13-22(3)29-27(33)18-20-32(23(4)24-14-9-8-10-15-24)28(34)30-25-16-11-17-26(21-25)35-5/h8-11,14-17,21-23H,6-7,12-13,18-20H2,1-5H3,(H,29,33)(H,30,34). The van der Waals surface area contributed by atoms with Crippen molar-refractivity contribution in [3.63, 3.8) is 0 Å². The van der Waals surface area contributed by atoms with Crippen LogP contribution in [0.2, 0.25) is 0 Å². The highest BCUT2D eigenvalue weighted by Gasteiger charge is 2.23. The van der Waals surface area contributed by atoms with E-state index in [1.165, 1.54) is 0 Å². The highest BCUT2D eigenvalue weighted by atomic mass is 16.5. The number of urea groups is 1. The van der Waals surface area contributed by atoms with Crippen LogP contribution >= 0.6 is 0 Å². The summed E-state index contributed by atoms with van der Waals surface area (Å²) >= 11 is 0. The first-order valence-electron chi connectivity index (χ1n) is 12.7. The van der Waals surface area contributed by atoms with Crippen LogP contribution in [0.15, 0.2) is 54.6 Å². The summed E-state index contributed by atoms with van der Waals surface area (Å²) in [6, 6.07) is 16.7. The van der Waals surface area contributed by atoms with Crippen molar-refractivity contribution in [2.24, 2.45) is 0 Å². The summed E-state index contributed by atoms with van der Waals surface area (Å²) in [4.78, 5) is 30.1. The zero-order chi connectivity index (χ0) is 25.6. The summed E-state index contributed by atoms with van der Waals surface area (Å²) in [5.74, 6) is 0.625. The predicted octanol–water partition coefficient (Wildman–Crippen LogP) is 5.31. The molecule has 0 spiro atoms. The number of rotatable bonds is 14. The Labute approximate surface area is 210 Å². The average molecular weight is 483 g/mol. The summed E-state index contributed by atoms with van der Waals surface area (Å²) in [7, 11) is 1.59. The molecule has 0 aliphatic rings. The highest BCUT2D eigenvalue weighted by Crippen LogP contribution is 2.23. The van der Waals surface area contributed by atoms with Gasteiger partial charge in [-0.3, -0.25) is 4.79 Å². The first kappa shape index (κ1) is 28.2. The number of hydrogen-bond donors (Lipinski definition) is 2. The summed E-state index contributed by atoms with van der Waals surface area (Å²) in [6.07, 6.45) is 2.22. The molecule has 3 amide bonds. The van der Waals surface area contributed by atoms with Crippen molar-refractivity contribution < 1.29 is 14.3 Å². The highest BCUT2D eigenvalue weighted by molar-refractivity contribution is 5.90. The minimum atomic E-state index is -0.255. The Kier molecular flexibility index (Phi) is 12.1. The minimum Gasteiger partial charge on any atom is -0.497 e. The number of carbonyl (C=O) groups excluding carboxylic acids is 2. The van der Waals surface area contributed by atoms with Gasteiger partial charge in [-0.2, -0.15) is 0 Å². The average Bonchev–Trinajstić information content (AvgIpc) is 2.87. The number of anilines is 1. The second-order valence-electron chi connectivity index (χ2n) is 8.83. The number of nitrogens with zero attached hydrogens (tertiary/aromatic N) is 2. The van der Waals surface area contributed by atoms with Crippen LogP contribution in [-0.4, -0.2) is 61.1 Å². The maximum Gasteiger partial charge on any atom is 0.322 e. The van der Waals surface area contributed by atoms with E-state index in [4.69, 9.17) is 4.74 Å². The molecule has 7 nitrogen and oxygen atoms in total. The molecule has 2 aromatic carbocycles. The number of nitrogens with one attached hydrogen (secondary N) is 2. The molecule has 0 aromatic heterocycles. The molecule has 0 fully saturated rings. The van der Waals surface area contributed by atoms with Crippen LogP contribution in [0, 0.1) is 0 Å². The fraction of sp³-hybridized carbons (Fsp3) is 0.500. The quantitative estimate of drug-likeness (QED) is 0.383. The minimum absolute atomic E-state index is 0.0419. The van der Waals surface area contributed by atoms with Crippen molar-refractivity contribution in [3.05, 3.63) is 60.2 Å². The van der Waals surface area contributed by atoms with E-state index >= 15 is 0 Å². The van der Waals surface area contributed by atoms with Crippen LogP contribution in [0.4, 0.5) is 10.5 Å². The van der Waals surface area contributed by atoms with Gasteiger partial charge in [-0.05, 0) is 64.0 Å². The van der Waals surface area contributed by atoms with Crippen LogP contribution in [0.1, 0.15) is 58.6 Å². The molecule has 0 saturated heterocycles. The molecule has 2 atom stereocenters. The van der Waals surface area contributed by atoms with Gasteiger partial charge in [0.15, 0.2) is 0 Å². The zero-order valence-corrected chi connectivity index (χ0v) is 21.9. The molecule has 0 saturated carbocycles. The molecule has 2 aromatic rings. The Morgan fingerprint density at radius 2 is 1.69 bits per heavy atom. The molecule has 0 bridgehead atoms. The van der Waals surface area contributed by atoms with Crippen molar-refractivity contribution in [3.8, 4) is 5.75 Å². The Morgan fingerprint density at radius 3 is 2.34 bits per heavy atom. The number of hydrogen-bond acceptors (Lipinski definition) is 4. The lowest BCUT2D eigenvalue weighted by Gasteiger charge is -2.30. The molecule has 0 aliphatic carbocycles. The van der Waals surface area contributed by atoms with Gasteiger partial charge in [0.2, 0.25) is 5.91 Å². The Morgan fingerprint density at radius 1 is 0.971 bits per heavy atom. The molecular weight excluding hydrogens is 440 g/mol. The third kappa shape index (κ3) is 9.61. The van der Waals surface area contributed by atoms with Gasteiger partial charge in [0.1, 0.15) is 5.75 Å². The van der Waals surface area contributed by atoms with Gasteiger partial charge in [0, 0.05) is 30.8 Å². The van der Waals surface area contributed by atoms with Gasteiger partial charge in [-0.15, -0.1) is 0 Å². The predicted molar refractivity (Wildman–Crippen MR) is 143 cm³/mol. The van der Waals surface area contributed by atoms with Crippen molar-refractivity contribution >= 4 is 17.6 Å². The summed E-state index contributed by atoms with van der Waals surface area (Å²) < 4.78 is 5.26. The van der Waals surface area contributed by atoms with E-state index in [1.54, 1.807) is 18.1 Å². The number of methoxy groups -OCH3 is 1. The third-order valence-electron chi connectivity index (χ3n) is 6.32. The smallest absolute Gasteiger partial charge is 0.322 e. The Hall–Kier alpha value is -3.06. The lowest BCUT2D eigenvalue weighted by atomic mass is 10.1. The third-order valence-corrected chi connectivity index (χ3v) is 6.32. The maximum atomic E-state index is 13.3. The van der Waals surface area contributed by atoms with Crippen molar-refractivity contribution in [1.82, 2.24) is 15.1 Å². The molecular formula is C28H42N4O3. The van der Waals surface area contributed by atoms with E-state index in [2.05, 4.69) is 29.4 Å². The second kappa shape index (κ2) is 15.0. The Balaban J connectivity index is 1.98. The summed E-state index contributed by atoms with van der Waals surface area (Å²) in [5.41, 5.74) is 1.66. The maximum absolute atomic E-state index is 13.3. The van der Waals surface area contributed by atoms with E-state index in [9.17, 15) is 9.59 Å². The van der Waals surface area contributed by atoms with Crippen LogP contribution in [0.3, 0.4) is 0 Å². The fourth-order valence-corrected chi connectivity index (χ4v) is 4.08.